The van der Waals surface area contributed by atoms with Gasteiger partial charge in [-0.3, -0.25) is 4.98 Å². The van der Waals surface area contributed by atoms with Gasteiger partial charge in [0.1, 0.15) is 0 Å². The van der Waals surface area contributed by atoms with Crippen LogP contribution in [0.2, 0.25) is 0 Å². The number of aromatic nitrogens is 1. The maximum atomic E-state index is 12.5. The van der Waals surface area contributed by atoms with Crippen molar-refractivity contribution in [3.8, 4) is 0 Å². The highest BCUT2D eigenvalue weighted by Gasteiger charge is 2.06. The maximum Gasteiger partial charge on any atom is 0.263 e. The van der Waals surface area contributed by atoms with Gasteiger partial charge in [-0.1, -0.05) is 24.3 Å². The van der Waals surface area contributed by atoms with E-state index in [0.29, 0.717) is 13.1 Å². The normalized spacial score (nSPS) is 10.8. The number of hydrogen-bond donors (Lipinski definition) is 1. The van der Waals surface area contributed by atoms with Crippen molar-refractivity contribution >= 4 is 0 Å². The monoisotopic (exact) mass is 248 g/mol. The third-order valence-corrected chi connectivity index (χ3v) is 2.58. The van der Waals surface area contributed by atoms with Crippen molar-refractivity contribution in [1.82, 2.24) is 10.3 Å². The molecule has 0 spiro atoms. The van der Waals surface area contributed by atoms with Crippen LogP contribution in [0, 0.1) is 0 Å². The van der Waals surface area contributed by atoms with Crippen molar-refractivity contribution in [1.29, 1.82) is 0 Å². The first-order chi connectivity index (χ1) is 8.75. The molecule has 0 atom stereocenters. The molecular formula is C14H14F2N2. The lowest BCUT2D eigenvalue weighted by Gasteiger charge is -2.06. The number of hydrogen-bond acceptors (Lipinski definition) is 2. The third-order valence-electron chi connectivity index (χ3n) is 2.58. The van der Waals surface area contributed by atoms with Gasteiger partial charge in [0.15, 0.2) is 0 Å². The van der Waals surface area contributed by atoms with Crippen LogP contribution in [0.4, 0.5) is 8.78 Å². The lowest BCUT2D eigenvalue weighted by atomic mass is 10.1. The molecular weight excluding hydrogens is 234 g/mol. The second-order valence-electron chi connectivity index (χ2n) is 4.01. The van der Waals surface area contributed by atoms with E-state index in [1.165, 1.54) is 12.1 Å². The fourth-order valence-electron chi connectivity index (χ4n) is 1.69. The molecule has 1 heterocycles. The molecule has 0 bridgehead atoms. The van der Waals surface area contributed by atoms with Crippen LogP contribution < -0.4 is 5.32 Å². The van der Waals surface area contributed by atoms with Crippen LogP contribution in [0.1, 0.15) is 23.1 Å². The van der Waals surface area contributed by atoms with Crippen LogP contribution in [0.25, 0.3) is 0 Å². The van der Waals surface area contributed by atoms with E-state index >= 15 is 0 Å². The standard InChI is InChI=1S/C14H14F2N2/c15-14(16)13-5-1-3-11(7-13)8-18-10-12-4-2-6-17-9-12/h1-7,9,14,18H,8,10H2. The maximum absolute atomic E-state index is 12.5. The second kappa shape index (κ2) is 6.21. The molecule has 0 fully saturated rings. The Hall–Kier alpha value is -1.81. The molecule has 4 heteroatoms. The number of nitrogens with one attached hydrogen (secondary N) is 1. The van der Waals surface area contributed by atoms with Gasteiger partial charge in [-0.25, -0.2) is 8.78 Å². The summed E-state index contributed by atoms with van der Waals surface area (Å²) in [5.41, 5.74) is 2.00. The number of pyridine rings is 1. The van der Waals surface area contributed by atoms with E-state index in [1.54, 1.807) is 18.5 Å². The van der Waals surface area contributed by atoms with Gasteiger partial charge in [0.05, 0.1) is 0 Å². The van der Waals surface area contributed by atoms with Crippen molar-refractivity contribution in [3.63, 3.8) is 0 Å². The summed E-state index contributed by atoms with van der Waals surface area (Å²) >= 11 is 0. The number of rotatable bonds is 5. The molecule has 94 valence electrons. The van der Waals surface area contributed by atoms with Crippen LogP contribution in [-0.2, 0) is 13.1 Å². The Morgan fingerprint density at radius 1 is 1.06 bits per heavy atom. The summed E-state index contributed by atoms with van der Waals surface area (Å²) in [4.78, 5) is 4.01. The van der Waals surface area contributed by atoms with Gasteiger partial charge in [-0.15, -0.1) is 0 Å². The Morgan fingerprint density at radius 3 is 2.56 bits per heavy atom. The van der Waals surface area contributed by atoms with Gasteiger partial charge in [0, 0.05) is 31.0 Å². The molecule has 1 aromatic carbocycles. The predicted molar refractivity (Wildman–Crippen MR) is 66.2 cm³/mol. The Bertz CT molecular complexity index is 486. The summed E-state index contributed by atoms with van der Waals surface area (Å²) in [6, 6.07) is 10.3. The summed E-state index contributed by atoms with van der Waals surface area (Å²) in [5, 5.41) is 3.20. The highest BCUT2D eigenvalue weighted by atomic mass is 19.3. The zero-order valence-corrected chi connectivity index (χ0v) is 9.81. The van der Waals surface area contributed by atoms with E-state index in [9.17, 15) is 8.78 Å². The molecule has 0 saturated carbocycles. The van der Waals surface area contributed by atoms with Gasteiger partial charge in [-0.05, 0) is 23.3 Å². The lowest BCUT2D eigenvalue weighted by Crippen LogP contribution is -2.12. The average Bonchev–Trinajstić information content (AvgIpc) is 2.40. The molecule has 0 amide bonds. The summed E-state index contributed by atoms with van der Waals surface area (Å²) in [6.07, 6.45) is 1.08. The van der Waals surface area contributed by atoms with Crippen LogP contribution >= 0.6 is 0 Å². The van der Waals surface area contributed by atoms with Crippen LogP contribution in [0.3, 0.4) is 0 Å². The fraction of sp³-hybridized carbons (Fsp3) is 0.214. The van der Waals surface area contributed by atoms with Gasteiger partial charge < -0.3 is 5.32 Å². The van der Waals surface area contributed by atoms with Gasteiger partial charge in [0.2, 0.25) is 0 Å². The molecule has 0 aliphatic rings. The van der Waals surface area contributed by atoms with E-state index in [2.05, 4.69) is 10.3 Å². The quantitative estimate of drug-likeness (QED) is 0.878. The number of alkyl halides is 2. The lowest BCUT2D eigenvalue weighted by molar-refractivity contribution is 0.151. The van der Waals surface area contributed by atoms with Crippen LogP contribution in [0.15, 0.2) is 48.8 Å². The van der Waals surface area contributed by atoms with Crippen molar-refractivity contribution in [3.05, 3.63) is 65.5 Å². The SMILES string of the molecule is FC(F)c1cccc(CNCc2cccnc2)c1. The van der Waals surface area contributed by atoms with Crippen LogP contribution in [-0.4, -0.2) is 4.98 Å². The van der Waals surface area contributed by atoms with Gasteiger partial charge in [0.25, 0.3) is 6.43 Å². The molecule has 0 unspecified atom stereocenters. The summed E-state index contributed by atoms with van der Waals surface area (Å²) < 4.78 is 25.0. The first kappa shape index (κ1) is 12.6. The Kier molecular flexibility index (Phi) is 4.36. The minimum Gasteiger partial charge on any atom is -0.309 e. The molecule has 2 rings (SSSR count). The molecule has 0 radical (unpaired) electrons. The van der Waals surface area contributed by atoms with E-state index in [4.69, 9.17) is 0 Å². The highest BCUT2D eigenvalue weighted by Crippen LogP contribution is 2.19. The van der Waals surface area contributed by atoms with E-state index in [-0.39, 0.29) is 5.56 Å². The Morgan fingerprint density at radius 2 is 1.83 bits per heavy atom. The minimum atomic E-state index is -2.41. The van der Waals surface area contributed by atoms with Gasteiger partial charge in [-0.2, -0.15) is 0 Å². The zero-order chi connectivity index (χ0) is 12.8. The average molecular weight is 248 g/mol. The zero-order valence-electron chi connectivity index (χ0n) is 9.81. The summed E-state index contributed by atoms with van der Waals surface area (Å²) in [5.74, 6) is 0. The molecule has 0 saturated heterocycles. The van der Waals surface area contributed by atoms with Crippen molar-refractivity contribution < 1.29 is 8.78 Å². The summed E-state index contributed by atoms with van der Waals surface area (Å²) in [6.45, 7) is 1.24. The molecule has 0 aliphatic heterocycles. The highest BCUT2D eigenvalue weighted by molar-refractivity contribution is 5.24. The van der Waals surface area contributed by atoms with Gasteiger partial charge >= 0.3 is 0 Å². The molecule has 18 heavy (non-hydrogen) atoms. The Balaban J connectivity index is 1.89. The topological polar surface area (TPSA) is 24.9 Å². The fourth-order valence-corrected chi connectivity index (χ4v) is 1.69. The molecule has 1 N–H and O–H groups in total. The summed E-state index contributed by atoms with van der Waals surface area (Å²) in [7, 11) is 0. The van der Waals surface area contributed by atoms with Crippen molar-refractivity contribution in [2.24, 2.45) is 0 Å². The molecule has 0 aliphatic carbocycles. The first-order valence-electron chi connectivity index (χ1n) is 5.72. The molecule has 2 aromatic rings. The van der Waals surface area contributed by atoms with E-state index < -0.39 is 6.43 Å². The van der Waals surface area contributed by atoms with E-state index in [0.717, 1.165) is 11.1 Å². The number of benzene rings is 1. The minimum absolute atomic E-state index is 0.0654. The second-order valence-corrected chi connectivity index (χ2v) is 4.01. The molecule has 1 aromatic heterocycles. The first-order valence-corrected chi connectivity index (χ1v) is 5.72. The van der Waals surface area contributed by atoms with E-state index in [1.807, 2.05) is 18.2 Å². The van der Waals surface area contributed by atoms with Crippen molar-refractivity contribution in [2.45, 2.75) is 19.5 Å². The smallest absolute Gasteiger partial charge is 0.263 e. The molecule has 2 nitrogen and oxygen atoms in total. The Labute approximate surface area is 105 Å². The van der Waals surface area contributed by atoms with Crippen molar-refractivity contribution in [2.75, 3.05) is 0 Å². The third kappa shape index (κ3) is 3.60. The van der Waals surface area contributed by atoms with Crippen LogP contribution in [0.5, 0.6) is 0 Å². The largest absolute Gasteiger partial charge is 0.309 e. The predicted octanol–water partition coefficient (Wildman–Crippen LogP) is 3.31. The number of halogens is 2. The number of nitrogens with zero attached hydrogens (tertiary/aromatic N) is 1.